The summed E-state index contributed by atoms with van der Waals surface area (Å²) in [5.41, 5.74) is 1.76. The van der Waals surface area contributed by atoms with E-state index in [2.05, 4.69) is 30.9 Å². The molecule has 214 valence electrons. The lowest BCUT2D eigenvalue weighted by atomic mass is 9.77. The molecule has 41 heavy (non-hydrogen) atoms. The van der Waals surface area contributed by atoms with E-state index in [-0.39, 0.29) is 39.9 Å². The summed E-state index contributed by atoms with van der Waals surface area (Å²) < 4.78 is 1.14. The minimum atomic E-state index is -0.587. The van der Waals surface area contributed by atoms with Gasteiger partial charge in [-0.25, -0.2) is 4.57 Å². The predicted octanol–water partition coefficient (Wildman–Crippen LogP) is 6.30. The number of halogens is 2. The van der Waals surface area contributed by atoms with E-state index in [9.17, 15) is 15.0 Å². The van der Waals surface area contributed by atoms with Crippen molar-refractivity contribution in [2.75, 3.05) is 14.1 Å². The van der Waals surface area contributed by atoms with Crippen molar-refractivity contribution in [3.63, 3.8) is 0 Å². The molecule has 3 N–H and O–H groups in total. The summed E-state index contributed by atoms with van der Waals surface area (Å²) in [5.74, 6) is 0.699. The normalized spacial score (nSPS) is 17.5. The van der Waals surface area contributed by atoms with Crippen molar-refractivity contribution in [3.05, 3.63) is 79.3 Å². The Hall–Kier alpha value is -3.80. The number of rotatable bonds is 7. The van der Waals surface area contributed by atoms with Crippen LogP contribution in [-0.2, 0) is 6.54 Å². The van der Waals surface area contributed by atoms with Gasteiger partial charge in [-0.2, -0.15) is 5.21 Å². The lowest BCUT2D eigenvalue weighted by molar-refractivity contribution is 0.370. The second kappa shape index (κ2) is 12.0. The standard InChI is InChI=1S/C28H30Cl2N8O3/c1-15-20(14-37(2)3)27(40)38(18-10-11-21(29)22(30)13-18)28(41)24(15)32-31-23-9-5-8-19(25(23)39)16-6-4-7-17(12-16)26-33-35-36-34-26/h5,8-11,13,16-17,39-40H,4,6-7,12,14H2,1-3H3,(H,33,34,35,36). The average Bonchev–Trinajstić information content (AvgIpc) is 3.49. The van der Waals surface area contributed by atoms with Crippen LogP contribution in [0.5, 0.6) is 11.6 Å². The number of aromatic hydroxyl groups is 2. The van der Waals surface area contributed by atoms with Gasteiger partial charge in [0.15, 0.2) is 11.5 Å². The van der Waals surface area contributed by atoms with E-state index in [4.69, 9.17) is 23.2 Å². The summed E-state index contributed by atoms with van der Waals surface area (Å²) in [7, 11) is 3.71. The Bertz CT molecular complexity index is 1650. The molecule has 2 aromatic heterocycles. The van der Waals surface area contributed by atoms with Crippen LogP contribution in [-0.4, -0.2) is 54.4 Å². The molecule has 1 saturated carbocycles. The lowest BCUT2D eigenvalue weighted by Gasteiger charge is -2.28. The van der Waals surface area contributed by atoms with Gasteiger partial charge >= 0.3 is 0 Å². The predicted molar refractivity (Wildman–Crippen MR) is 156 cm³/mol. The van der Waals surface area contributed by atoms with Gasteiger partial charge in [0, 0.05) is 18.0 Å². The number of hydrogen-bond donors (Lipinski definition) is 3. The minimum absolute atomic E-state index is 0.0183. The van der Waals surface area contributed by atoms with E-state index < -0.39 is 5.56 Å². The molecule has 13 heteroatoms. The number of para-hydroxylation sites is 1. The first-order valence-electron chi connectivity index (χ1n) is 13.2. The maximum Gasteiger partial charge on any atom is 0.285 e. The number of H-pyrrole nitrogens is 1. The fraction of sp³-hybridized carbons (Fsp3) is 0.357. The van der Waals surface area contributed by atoms with Gasteiger partial charge in [0.05, 0.1) is 15.7 Å². The molecule has 0 spiro atoms. The number of nitrogens with one attached hydrogen (secondary N) is 1. The molecule has 5 rings (SSSR count). The molecule has 1 aliphatic carbocycles. The zero-order chi connectivity index (χ0) is 29.3. The highest BCUT2D eigenvalue weighted by atomic mass is 35.5. The molecule has 2 atom stereocenters. The zero-order valence-corrected chi connectivity index (χ0v) is 24.4. The van der Waals surface area contributed by atoms with Crippen LogP contribution in [0.25, 0.3) is 5.69 Å². The molecular formula is C28H30Cl2N8O3. The van der Waals surface area contributed by atoms with Crippen LogP contribution in [0.2, 0.25) is 10.0 Å². The van der Waals surface area contributed by atoms with Crippen molar-refractivity contribution in [1.29, 1.82) is 0 Å². The molecule has 1 aliphatic rings. The number of aromatic nitrogens is 5. The number of phenolic OH excluding ortho intramolecular Hbond substituents is 1. The molecule has 0 aliphatic heterocycles. The van der Waals surface area contributed by atoms with Crippen LogP contribution in [0.15, 0.2) is 51.4 Å². The van der Waals surface area contributed by atoms with E-state index in [0.29, 0.717) is 34.2 Å². The summed E-state index contributed by atoms with van der Waals surface area (Å²) in [6, 6.07) is 9.99. The maximum atomic E-state index is 13.7. The monoisotopic (exact) mass is 596 g/mol. The molecule has 0 saturated heterocycles. The van der Waals surface area contributed by atoms with Crippen molar-refractivity contribution in [1.82, 2.24) is 30.1 Å². The van der Waals surface area contributed by atoms with Gasteiger partial charge in [-0.1, -0.05) is 47.0 Å². The van der Waals surface area contributed by atoms with E-state index in [1.807, 2.05) is 31.1 Å². The number of benzene rings is 2. The highest BCUT2D eigenvalue weighted by molar-refractivity contribution is 6.42. The van der Waals surface area contributed by atoms with Gasteiger partial charge in [0.25, 0.3) is 5.56 Å². The number of azo groups is 1. The number of tetrazole rings is 1. The van der Waals surface area contributed by atoms with Crippen molar-refractivity contribution in [3.8, 4) is 17.3 Å². The van der Waals surface area contributed by atoms with Gasteiger partial charge < -0.3 is 15.1 Å². The first kappa shape index (κ1) is 28.7. The van der Waals surface area contributed by atoms with Crippen LogP contribution in [0, 0.1) is 6.92 Å². The third kappa shape index (κ3) is 5.83. The Labute approximate surface area is 246 Å². The molecule has 4 aromatic rings. The molecule has 1 fully saturated rings. The van der Waals surface area contributed by atoms with E-state index in [0.717, 1.165) is 35.8 Å². The smallest absolute Gasteiger partial charge is 0.285 e. The van der Waals surface area contributed by atoms with Crippen molar-refractivity contribution >= 4 is 34.6 Å². The van der Waals surface area contributed by atoms with E-state index in [1.54, 1.807) is 25.1 Å². The number of hydrogen-bond acceptors (Lipinski definition) is 9. The topological polar surface area (TPSA) is 145 Å². The second-order valence-electron chi connectivity index (χ2n) is 10.5. The minimum Gasteiger partial charge on any atom is -0.505 e. The van der Waals surface area contributed by atoms with E-state index >= 15 is 0 Å². The first-order valence-corrected chi connectivity index (χ1v) is 14.0. The zero-order valence-electron chi connectivity index (χ0n) is 22.8. The van der Waals surface area contributed by atoms with Crippen molar-refractivity contribution < 1.29 is 10.2 Å². The Kier molecular flexibility index (Phi) is 8.39. The number of pyridine rings is 1. The van der Waals surface area contributed by atoms with Crippen LogP contribution < -0.4 is 5.56 Å². The fourth-order valence-corrected chi connectivity index (χ4v) is 5.70. The fourth-order valence-electron chi connectivity index (χ4n) is 5.41. The Balaban J connectivity index is 1.54. The molecule has 0 radical (unpaired) electrons. The van der Waals surface area contributed by atoms with Gasteiger partial charge in [0.1, 0.15) is 11.4 Å². The second-order valence-corrected chi connectivity index (χ2v) is 11.3. The molecule has 0 bridgehead atoms. The van der Waals surface area contributed by atoms with Gasteiger partial charge in [-0.3, -0.25) is 4.79 Å². The number of phenols is 1. The summed E-state index contributed by atoms with van der Waals surface area (Å²) in [6.07, 6.45) is 3.59. The summed E-state index contributed by atoms with van der Waals surface area (Å²) >= 11 is 12.3. The Morgan fingerprint density at radius 3 is 2.59 bits per heavy atom. The number of aromatic amines is 1. The van der Waals surface area contributed by atoms with Crippen LogP contribution in [0.3, 0.4) is 0 Å². The van der Waals surface area contributed by atoms with E-state index in [1.165, 1.54) is 6.07 Å². The SMILES string of the molecule is Cc1c(CN(C)C)c(O)n(-c2ccc(Cl)c(Cl)c2)c(=O)c1N=Nc1cccc(C2CCCC(c3nn[nH]n3)C2)c1O. The molecule has 11 nitrogen and oxygen atoms in total. The molecular weight excluding hydrogens is 567 g/mol. The lowest BCUT2D eigenvalue weighted by Crippen LogP contribution is -2.23. The maximum absolute atomic E-state index is 13.7. The molecule has 0 amide bonds. The Morgan fingerprint density at radius 2 is 1.88 bits per heavy atom. The molecule has 2 unspecified atom stereocenters. The summed E-state index contributed by atoms with van der Waals surface area (Å²) in [5, 5.41) is 46.1. The first-order chi connectivity index (χ1) is 19.7. The van der Waals surface area contributed by atoms with Gasteiger partial charge in [-0.15, -0.1) is 20.4 Å². The van der Waals surface area contributed by atoms with Gasteiger partial charge in [0.2, 0.25) is 5.88 Å². The highest BCUT2D eigenvalue weighted by Crippen LogP contribution is 2.45. The quantitative estimate of drug-likeness (QED) is 0.212. The van der Waals surface area contributed by atoms with Crippen LogP contribution >= 0.6 is 23.2 Å². The molecule has 2 heterocycles. The van der Waals surface area contributed by atoms with Crippen LogP contribution in [0.4, 0.5) is 11.4 Å². The third-order valence-electron chi connectivity index (χ3n) is 7.48. The third-order valence-corrected chi connectivity index (χ3v) is 8.21. The van der Waals surface area contributed by atoms with Crippen molar-refractivity contribution in [2.24, 2.45) is 10.2 Å². The van der Waals surface area contributed by atoms with Crippen LogP contribution in [0.1, 0.15) is 60.0 Å². The number of nitrogens with zero attached hydrogens (tertiary/aromatic N) is 7. The summed E-state index contributed by atoms with van der Waals surface area (Å²) in [6.45, 7) is 2.05. The van der Waals surface area contributed by atoms with Crippen molar-refractivity contribution in [2.45, 2.75) is 51.0 Å². The Morgan fingerprint density at radius 1 is 1.10 bits per heavy atom. The largest absolute Gasteiger partial charge is 0.505 e. The molecule has 2 aromatic carbocycles. The van der Waals surface area contributed by atoms with Gasteiger partial charge in [-0.05, 0) is 81.6 Å². The average molecular weight is 598 g/mol. The summed E-state index contributed by atoms with van der Waals surface area (Å²) in [4.78, 5) is 15.6. The highest BCUT2D eigenvalue weighted by Gasteiger charge is 2.29.